The van der Waals surface area contributed by atoms with Crippen LogP contribution in [0.1, 0.15) is 34.9 Å². The fourth-order valence-electron chi connectivity index (χ4n) is 2.94. The molecule has 6 heteroatoms. The summed E-state index contributed by atoms with van der Waals surface area (Å²) in [7, 11) is 0. The third-order valence-corrected chi connectivity index (χ3v) is 4.59. The van der Waals surface area contributed by atoms with Crippen molar-refractivity contribution in [3.05, 3.63) is 63.5 Å². The minimum absolute atomic E-state index is 0.356. The van der Waals surface area contributed by atoms with Crippen molar-refractivity contribution in [2.45, 2.75) is 18.3 Å². The third-order valence-electron chi connectivity index (χ3n) is 4.09. The number of hydrogen-bond acceptors (Lipinski definition) is 3. The lowest BCUT2D eigenvalue weighted by Crippen LogP contribution is -1.96. The highest BCUT2D eigenvalue weighted by Gasteiger charge is 2.41. The van der Waals surface area contributed by atoms with Gasteiger partial charge in [0.05, 0.1) is 10.6 Å². The first-order chi connectivity index (χ1) is 10.7. The maximum absolute atomic E-state index is 8.95. The number of rotatable bonds is 2. The summed E-state index contributed by atoms with van der Waals surface area (Å²) in [6, 6.07) is 9.60. The zero-order valence-corrected chi connectivity index (χ0v) is 12.9. The molecule has 2 heterocycles. The Labute approximate surface area is 136 Å². The van der Waals surface area contributed by atoms with Gasteiger partial charge in [-0.25, -0.2) is 9.50 Å². The predicted octanol–water partition coefficient (Wildman–Crippen LogP) is 4.18. The molecule has 0 unspecified atom stereocenters. The minimum atomic E-state index is 0.356. The van der Waals surface area contributed by atoms with Gasteiger partial charge in [0, 0.05) is 18.0 Å². The molecular formula is C16H10Cl2N4. The molecule has 1 aromatic carbocycles. The minimum Gasteiger partial charge on any atom is -0.235 e. The Hall–Kier alpha value is -2.09. The Morgan fingerprint density at radius 2 is 2.09 bits per heavy atom. The van der Waals surface area contributed by atoms with Gasteiger partial charge < -0.3 is 0 Å². The second-order valence-electron chi connectivity index (χ2n) is 5.42. The van der Waals surface area contributed by atoms with E-state index in [1.165, 1.54) is 0 Å². The highest BCUT2D eigenvalue weighted by atomic mass is 35.5. The second-order valence-corrected chi connectivity index (χ2v) is 6.21. The number of hydrogen-bond donors (Lipinski definition) is 0. The summed E-state index contributed by atoms with van der Waals surface area (Å²) in [6.45, 7) is 0. The lowest BCUT2D eigenvalue weighted by molar-refractivity contribution is 0.906. The van der Waals surface area contributed by atoms with Crippen LogP contribution in [-0.2, 0) is 0 Å². The zero-order chi connectivity index (χ0) is 15.3. The van der Waals surface area contributed by atoms with Gasteiger partial charge in [0.25, 0.3) is 0 Å². The molecular weight excluding hydrogens is 319 g/mol. The van der Waals surface area contributed by atoms with Gasteiger partial charge in [-0.1, -0.05) is 29.3 Å². The van der Waals surface area contributed by atoms with Gasteiger partial charge in [0.2, 0.25) is 0 Å². The van der Waals surface area contributed by atoms with Crippen molar-refractivity contribution in [1.29, 1.82) is 5.26 Å². The van der Waals surface area contributed by atoms with Crippen molar-refractivity contribution in [1.82, 2.24) is 14.6 Å². The van der Waals surface area contributed by atoms with Crippen LogP contribution in [0.5, 0.6) is 0 Å². The number of benzene rings is 1. The maximum Gasteiger partial charge on any atom is 0.157 e. The van der Waals surface area contributed by atoms with E-state index in [0.717, 1.165) is 23.2 Å². The van der Waals surface area contributed by atoms with E-state index in [2.05, 4.69) is 16.2 Å². The third kappa shape index (κ3) is 2.14. The number of imidazole rings is 1. The Kier molecular flexibility index (Phi) is 3.07. The summed E-state index contributed by atoms with van der Waals surface area (Å²) in [5.74, 6) is 0.735. The van der Waals surface area contributed by atoms with Crippen molar-refractivity contribution in [3.63, 3.8) is 0 Å². The van der Waals surface area contributed by atoms with Crippen LogP contribution >= 0.6 is 23.2 Å². The first-order valence-corrected chi connectivity index (χ1v) is 7.62. The van der Waals surface area contributed by atoms with E-state index in [9.17, 15) is 0 Å². The van der Waals surface area contributed by atoms with E-state index in [1.807, 2.05) is 18.2 Å². The van der Waals surface area contributed by atoms with Gasteiger partial charge in [0.1, 0.15) is 11.2 Å². The molecule has 1 fully saturated rings. The molecule has 1 aliphatic carbocycles. The standard InChI is InChI=1S/C16H10Cl2N4/c17-14-5-9(1-2-10(14)8-19)11-6-12(11)13-7-15(18)21-22-4-3-20-16(13)22/h1-5,7,11-12H,6H2/t11-,12+/m1/s1. The molecule has 0 N–H and O–H groups in total. The van der Waals surface area contributed by atoms with Crippen LogP contribution in [0.2, 0.25) is 10.2 Å². The number of fused-ring (bicyclic) bond motifs is 1. The quantitative estimate of drug-likeness (QED) is 0.709. The van der Waals surface area contributed by atoms with Crippen molar-refractivity contribution in [2.75, 3.05) is 0 Å². The second kappa shape index (κ2) is 4.98. The lowest BCUT2D eigenvalue weighted by atomic mass is 10.0. The maximum atomic E-state index is 8.95. The van der Waals surface area contributed by atoms with Crippen molar-refractivity contribution >= 4 is 28.8 Å². The number of aromatic nitrogens is 3. The smallest absolute Gasteiger partial charge is 0.157 e. The highest BCUT2D eigenvalue weighted by Crippen LogP contribution is 2.55. The van der Waals surface area contributed by atoms with Crippen LogP contribution in [0.25, 0.3) is 5.65 Å². The van der Waals surface area contributed by atoms with E-state index in [4.69, 9.17) is 28.5 Å². The van der Waals surface area contributed by atoms with Gasteiger partial charge >= 0.3 is 0 Å². The van der Waals surface area contributed by atoms with Crippen LogP contribution in [0.3, 0.4) is 0 Å². The number of nitrogens with zero attached hydrogens (tertiary/aromatic N) is 4. The van der Waals surface area contributed by atoms with Crippen LogP contribution in [0.4, 0.5) is 0 Å². The summed E-state index contributed by atoms with van der Waals surface area (Å²) < 4.78 is 1.71. The molecule has 2 aromatic heterocycles. The fraction of sp³-hybridized carbons (Fsp3) is 0.188. The number of halogens is 2. The van der Waals surface area contributed by atoms with Crippen LogP contribution in [-0.4, -0.2) is 14.6 Å². The lowest BCUT2D eigenvalue weighted by Gasteiger charge is -2.05. The molecule has 0 bridgehead atoms. The fourth-order valence-corrected chi connectivity index (χ4v) is 3.37. The van der Waals surface area contributed by atoms with Gasteiger partial charge in [-0.2, -0.15) is 10.4 Å². The van der Waals surface area contributed by atoms with Gasteiger partial charge in [-0.05, 0) is 42.0 Å². The molecule has 3 aromatic rings. The van der Waals surface area contributed by atoms with Crippen LogP contribution in [0, 0.1) is 11.3 Å². The Morgan fingerprint density at radius 3 is 2.86 bits per heavy atom. The van der Waals surface area contributed by atoms with E-state index in [1.54, 1.807) is 23.0 Å². The molecule has 2 atom stereocenters. The first-order valence-electron chi connectivity index (χ1n) is 6.86. The molecule has 0 aliphatic heterocycles. The first kappa shape index (κ1) is 13.6. The highest BCUT2D eigenvalue weighted by molar-refractivity contribution is 6.31. The normalized spacial score (nSPS) is 20.0. The average Bonchev–Trinajstić information content (AvgIpc) is 3.16. The molecule has 0 radical (unpaired) electrons. The molecule has 4 rings (SSSR count). The van der Waals surface area contributed by atoms with Crippen LogP contribution < -0.4 is 0 Å². The van der Waals surface area contributed by atoms with Crippen molar-refractivity contribution < 1.29 is 0 Å². The summed E-state index contributed by atoms with van der Waals surface area (Å²) >= 11 is 12.2. The predicted molar refractivity (Wildman–Crippen MR) is 84.3 cm³/mol. The Bertz CT molecular complexity index is 926. The molecule has 0 spiro atoms. The molecule has 1 saturated carbocycles. The molecule has 22 heavy (non-hydrogen) atoms. The summed E-state index contributed by atoms with van der Waals surface area (Å²) in [4.78, 5) is 4.37. The van der Waals surface area contributed by atoms with Gasteiger partial charge in [-0.3, -0.25) is 0 Å². The van der Waals surface area contributed by atoms with Crippen molar-refractivity contribution in [2.24, 2.45) is 0 Å². The van der Waals surface area contributed by atoms with E-state index in [-0.39, 0.29) is 0 Å². The van der Waals surface area contributed by atoms with E-state index >= 15 is 0 Å². The molecule has 4 nitrogen and oxygen atoms in total. The molecule has 1 aliphatic rings. The largest absolute Gasteiger partial charge is 0.235 e. The SMILES string of the molecule is N#Cc1ccc([C@H]2C[C@@H]2c2cc(Cl)nn3ccnc23)cc1Cl. The molecule has 0 saturated heterocycles. The Morgan fingerprint density at radius 1 is 1.23 bits per heavy atom. The van der Waals surface area contributed by atoms with E-state index in [0.29, 0.717) is 27.6 Å². The molecule has 108 valence electrons. The number of nitriles is 1. The molecule has 0 amide bonds. The van der Waals surface area contributed by atoms with Crippen LogP contribution in [0.15, 0.2) is 36.7 Å². The topological polar surface area (TPSA) is 54.0 Å². The monoisotopic (exact) mass is 328 g/mol. The summed E-state index contributed by atoms with van der Waals surface area (Å²) in [5, 5.41) is 14.1. The average molecular weight is 329 g/mol. The van der Waals surface area contributed by atoms with Gasteiger partial charge in [-0.15, -0.1) is 0 Å². The Balaban J connectivity index is 1.70. The van der Waals surface area contributed by atoms with Gasteiger partial charge in [0.15, 0.2) is 5.65 Å². The summed E-state index contributed by atoms with van der Waals surface area (Å²) in [6.07, 6.45) is 4.53. The van der Waals surface area contributed by atoms with Crippen molar-refractivity contribution in [3.8, 4) is 6.07 Å². The summed E-state index contributed by atoms with van der Waals surface area (Å²) in [5.41, 5.74) is 3.60. The van der Waals surface area contributed by atoms with E-state index < -0.39 is 0 Å². The zero-order valence-electron chi connectivity index (χ0n) is 11.4.